The maximum Gasteiger partial charge on any atom is 0.0406 e. The highest BCUT2D eigenvalue weighted by molar-refractivity contribution is 6.30. The third-order valence-corrected chi connectivity index (χ3v) is 3.14. The number of hydrogen-bond donors (Lipinski definition) is 1. The van der Waals surface area contributed by atoms with Gasteiger partial charge in [0.1, 0.15) is 0 Å². The lowest BCUT2D eigenvalue weighted by atomic mass is 9.94. The molecule has 1 nitrogen and oxygen atoms in total. The van der Waals surface area contributed by atoms with Gasteiger partial charge in [0.05, 0.1) is 0 Å². The van der Waals surface area contributed by atoms with Gasteiger partial charge in [-0.3, -0.25) is 0 Å². The first-order chi connectivity index (χ1) is 6.75. The predicted octanol–water partition coefficient (Wildman–Crippen LogP) is 3.54. The summed E-state index contributed by atoms with van der Waals surface area (Å²) in [6, 6.07) is 9.35. The lowest BCUT2D eigenvalue weighted by Crippen LogP contribution is -2.34. The van der Waals surface area contributed by atoms with Gasteiger partial charge in [-0.2, -0.15) is 0 Å². The molecule has 0 radical (unpaired) electrons. The van der Waals surface area contributed by atoms with Crippen molar-refractivity contribution in [3.05, 3.63) is 34.9 Å². The molecule has 0 bridgehead atoms. The standard InChI is InChI=1S/C12H16ClN/c1-9-3-2-4-12(14-9)10-5-7-11(13)8-6-10/h5-9,12,14H,2-4H2,1H3. The lowest BCUT2D eigenvalue weighted by molar-refractivity contribution is 0.341. The summed E-state index contributed by atoms with van der Waals surface area (Å²) < 4.78 is 0. The molecule has 2 rings (SSSR count). The zero-order valence-corrected chi connectivity index (χ0v) is 9.22. The van der Waals surface area contributed by atoms with Gasteiger partial charge in [-0.05, 0) is 37.5 Å². The van der Waals surface area contributed by atoms with Gasteiger partial charge in [0.15, 0.2) is 0 Å². The molecule has 0 aliphatic carbocycles. The fraction of sp³-hybridized carbons (Fsp3) is 0.500. The molecule has 1 aliphatic heterocycles. The number of piperidine rings is 1. The van der Waals surface area contributed by atoms with E-state index >= 15 is 0 Å². The van der Waals surface area contributed by atoms with Crippen LogP contribution in [0.5, 0.6) is 0 Å². The third kappa shape index (κ3) is 2.28. The number of hydrogen-bond acceptors (Lipinski definition) is 1. The maximum atomic E-state index is 5.86. The Morgan fingerprint density at radius 1 is 1.21 bits per heavy atom. The number of halogens is 1. The van der Waals surface area contributed by atoms with Crippen molar-refractivity contribution in [2.75, 3.05) is 0 Å². The summed E-state index contributed by atoms with van der Waals surface area (Å²) in [5, 5.41) is 4.43. The highest BCUT2D eigenvalue weighted by Crippen LogP contribution is 2.26. The van der Waals surface area contributed by atoms with Gasteiger partial charge in [-0.1, -0.05) is 30.2 Å². The summed E-state index contributed by atoms with van der Waals surface area (Å²) in [6.07, 6.45) is 3.86. The minimum atomic E-state index is 0.524. The monoisotopic (exact) mass is 209 g/mol. The van der Waals surface area contributed by atoms with Crippen molar-refractivity contribution in [2.24, 2.45) is 0 Å². The normalized spacial score (nSPS) is 27.6. The molecular weight excluding hydrogens is 194 g/mol. The maximum absolute atomic E-state index is 5.86. The molecular formula is C12H16ClN. The quantitative estimate of drug-likeness (QED) is 0.746. The van der Waals surface area contributed by atoms with E-state index in [0.29, 0.717) is 12.1 Å². The minimum Gasteiger partial charge on any atom is -0.307 e. The van der Waals surface area contributed by atoms with E-state index in [1.807, 2.05) is 12.1 Å². The molecule has 1 heterocycles. The Bertz CT molecular complexity index is 294. The van der Waals surface area contributed by atoms with E-state index in [-0.39, 0.29) is 0 Å². The van der Waals surface area contributed by atoms with Crippen LogP contribution in [0.25, 0.3) is 0 Å². The molecule has 76 valence electrons. The molecule has 0 saturated carbocycles. The van der Waals surface area contributed by atoms with Gasteiger partial charge in [0.25, 0.3) is 0 Å². The van der Waals surface area contributed by atoms with Gasteiger partial charge in [-0.15, -0.1) is 0 Å². The molecule has 1 aromatic carbocycles. The van der Waals surface area contributed by atoms with Gasteiger partial charge < -0.3 is 5.32 Å². The average molecular weight is 210 g/mol. The van der Waals surface area contributed by atoms with Crippen molar-refractivity contribution >= 4 is 11.6 Å². The minimum absolute atomic E-state index is 0.524. The molecule has 2 atom stereocenters. The van der Waals surface area contributed by atoms with Crippen LogP contribution in [0.2, 0.25) is 5.02 Å². The first-order valence-corrected chi connectivity index (χ1v) is 5.65. The Balaban J connectivity index is 2.10. The second-order valence-corrected chi connectivity index (χ2v) is 4.54. The largest absolute Gasteiger partial charge is 0.307 e. The van der Waals surface area contributed by atoms with Crippen molar-refractivity contribution in [3.8, 4) is 0 Å². The van der Waals surface area contributed by atoms with Crippen LogP contribution in [0.3, 0.4) is 0 Å². The summed E-state index contributed by atoms with van der Waals surface area (Å²) in [7, 11) is 0. The highest BCUT2D eigenvalue weighted by Gasteiger charge is 2.18. The van der Waals surface area contributed by atoms with E-state index < -0.39 is 0 Å². The number of rotatable bonds is 1. The van der Waals surface area contributed by atoms with Gasteiger partial charge in [0, 0.05) is 17.1 Å². The summed E-state index contributed by atoms with van der Waals surface area (Å²) in [4.78, 5) is 0. The Hall–Kier alpha value is -0.530. The number of benzene rings is 1. The molecule has 1 aromatic rings. The fourth-order valence-electron chi connectivity index (χ4n) is 2.10. The van der Waals surface area contributed by atoms with Gasteiger partial charge >= 0.3 is 0 Å². The zero-order valence-electron chi connectivity index (χ0n) is 8.46. The summed E-state index contributed by atoms with van der Waals surface area (Å²) in [5.41, 5.74) is 1.36. The second-order valence-electron chi connectivity index (χ2n) is 4.10. The Morgan fingerprint density at radius 2 is 1.93 bits per heavy atom. The number of nitrogens with one attached hydrogen (secondary N) is 1. The van der Waals surface area contributed by atoms with Crippen LogP contribution in [0, 0.1) is 0 Å². The van der Waals surface area contributed by atoms with Crippen molar-refractivity contribution < 1.29 is 0 Å². The van der Waals surface area contributed by atoms with Gasteiger partial charge in [0.2, 0.25) is 0 Å². The van der Waals surface area contributed by atoms with E-state index in [1.54, 1.807) is 0 Å². The average Bonchev–Trinajstić information content (AvgIpc) is 2.19. The molecule has 0 spiro atoms. The molecule has 1 saturated heterocycles. The smallest absolute Gasteiger partial charge is 0.0406 e. The topological polar surface area (TPSA) is 12.0 Å². The predicted molar refractivity (Wildman–Crippen MR) is 60.6 cm³/mol. The van der Waals surface area contributed by atoms with E-state index in [2.05, 4.69) is 24.4 Å². The van der Waals surface area contributed by atoms with E-state index in [9.17, 15) is 0 Å². The molecule has 2 heteroatoms. The van der Waals surface area contributed by atoms with Crippen LogP contribution < -0.4 is 5.32 Å². The van der Waals surface area contributed by atoms with Crippen LogP contribution in [0.4, 0.5) is 0 Å². The van der Waals surface area contributed by atoms with Crippen LogP contribution >= 0.6 is 11.6 Å². The lowest BCUT2D eigenvalue weighted by Gasteiger charge is -2.29. The molecule has 0 aromatic heterocycles. The van der Waals surface area contributed by atoms with Crippen LogP contribution in [0.1, 0.15) is 37.8 Å². The summed E-state index contributed by atoms with van der Waals surface area (Å²) in [6.45, 7) is 2.25. The molecule has 14 heavy (non-hydrogen) atoms. The van der Waals surface area contributed by atoms with Crippen molar-refractivity contribution in [1.82, 2.24) is 5.32 Å². The molecule has 1 aliphatic rings. The molecule has 0 amide bonds. The Labute approximate surface area is 90.5 Å². The Morgan fingerprint density at radius 3 is 2.57 bits per heavy atom. The van der Waals surface area contributed by atoms with Crippen LogP contribution in [0.15, 0.2) is 24.3 Å². The fourth-order valence-corrected chi connectivity index (χ4v) is 2.22. The van der Waals surface area contributed by atoms with E-state index in [4.69, 9.17) is 11.6 Å². The van der Waals surface area contributed by atoms with Crippen molar-refractivity contribution in [2.45, 2.75) is 38.3 Å². The highest BCUT2D eigenvalue weighted by atomic mass is 35.5. The van der Waals surface area contributed by atoms with Crippen molar-refractivity contribution in [1.29, 1.82) is 0 Å². The first kappa shape index (κ1) is 10.0. The van der Waals surface area contributed by atoms with Crippen LogP contribution in [-0.4, -0.2) is 6.04 Å². The third-order valence-electron chi connectivity index (χ3n) is 2.89. The zero-order chi connectivity index (χ0) is 9.97. The Kier molecular flexibility index (Phi) is 3.09. The SMILES string of the molecule is CC1CCCC(c2ccc(Cl)cc2)N1. The van der Waals surface area contributed by atoms with Crippen LogP contribution in [-0.2, 0) is 0 Å². The summed E-state index contributed by atoms with van der Waals surface area (Å²) >= 11 is 5.86. The van der Waals surface area contributed by atoms with Gasteiger partial charge in [-0.25, -0.2) is 0 Å². The molecule has 1 N–H and O–H groups in total. The molecule has 2 unspecified atom stereocenters. The molecule has 1 fully saturated rings. The van der Waals surface area contributed by atoms with E-state index in [1.165, 1.54) is 24.8 Å². The van der Waals surface area contributed by atoms with Crippen molar-refractivity contribution in [3.63, 3.8) is 0 Å². The second kappa shape index (κ2) is 4.33. The summed E-state index contributed by atoms with van der Waals surface area (Å²) in [5.74, 6) is 0. The van der Waals surface area contributed by atoms with E-state index in [0.717, 1.165) is 5.02 Å². The first-order valence-electron chi connectivity index (χ1n) is 5.27.